The molecule has 156 valence electrons. The van der Waals surface area contributed by atoms with Crippen molar-refractivity contribution in [3.05, 3.63) is 12.2 Å². The lowest BCUT2D eigenvalue weighted by molar-refractivity contribution is 0.0277. The van der Waals surface area contributed by atoms with Crippen LogP contribution in [0.15, 0.2) is 11.3 Å². The molecule has 0 spiro atoms. The van der Waals surface area contributed by atoms with E-state index in [4.69, 9.17) is 4.74 Å². The van der Waals surface area contributed by atoms with Gasteiger partial charge in [-0.25, -0.2) is 9.78 Å². The summed E-state index contributed by atoms with van der Waals surface area (Å²) in [6.07, 6.45) is 1.22. The van der Waals surface area contributed by atoms with Gasteiger partial charge in [0, 0.05) is 41.3 Å². The highest BCUT2D eigenvalue weighted by atomic mass is 127. The van der Waals surface area contributed by atoms with Gasteiger partial charge in [0.25, 0.3) is 0 Å². The van der Waals surface area contributed by atoms with Crippen LogP contribution in [0, 0.1) is 5.92 Å². The lowest BCUT2D eigenvalue weighted by Crippen LogP contribution is -2.43. The standard InChI is InChI=1S/C17H33N7O2.HI/c1-13(10-23(7)16(25)26-17(2,3)4)9-19-15(18-5)22(6)11-14-20-12-21-24(14)8;/h12-13H,9-11H2,1-8H3,(H,18,19);1H. The molecule has 9 nitrogen and oxygen atoms in total. The fourth-order valence-electron chi connectivity index (χ4n) is 2.35. The highest BCUT2D eigenvalue weighted by Crippen LogP contribution is 2.10. The summed E-state index contributed by atoms with van der Waals surface area (Å²) < 4.78 is 7.11. The van der Waals surface area contributed by atoms with Crippen molar-refractivity contribution in [2.24, 2.45) is 18.0 Å². The number of guanidine groups is 1. The van der Waals surface area contributed by atoms with Crippen molar-refractivity contribution < 1.29 is 9.53 Å². The second-order valence-corrected chi connectivity index (χ2v) is 7.55. The first kappa shape index (κ1) is 25.4. The SMILES string of the molecule is CN=C(NCC(C)CN(C)C(=O)OC(C)(C)C)N(C)Cc1ncnn1C.I. The van der Waals surface area contributed by atoms with Crippen LogP contribution >= 0.6 is 24.0 Å². The predicted molar refractivity (Wildman–Crippen MR) is 117 cm³/mol. The molecule has 1 N–H and O–H groups in total. The maximum absolute atomic E-state index is 12.0. The molecule has 1 amide bonds. The number of rotatable bonds is 6. The molecule has 0 bridgehead atoms. The Hall–Kier alpha value is -1.59. The molecule has 0 radical (unpaired) electrons. The predicted octanol–water partition coefficient (Wildman–Crippen LogP) is 1.94. The summed E-state index contributed by atoms with van der Waals surface area (Å²) in [4.78, 5) is 24.2. The van der Waals surface area contributed by atoms with Crippen molar-refractivity contribution in [1.29, 1.82) is 0 Å². The van der Waals surface area contributed by atoms with Crippen LogP contribution in [-0.2, 0) is 18.3 Å². The van der Waals surface area contributed by atoms with E-state index in [1.807, 2.05) is 39.8 Å². The van der Waals surface area contributed by atoms with Crippen LogP contribution < -0.4 is 5.32 Å². The van der Waals surface area contributed by atoms with Crippen molar-refractivity contribution in [3.8, 4) is 0 Å². The first-order valence-electron chi connectivity index (χ1n) is 8.72. The number of nitrogens with one attached hydrogen (secondary N) is 1. The summed E-state index contributed by atoms with van der Waals surface area (Å²) in [6.45, 7) is 9.53. The van der Waals surface area contributed by atoms with Gasteiger partial charge in [-0.2, -0.15) is 5.10 Å². The van der Waals surface area contributed by atoms with Crippen LogP contribution in [0.3, 0.4) is 0 Å². The zero-order valence-electron chi connectivity index (χ0n) is 17.7. The van der Waals surface area contributed by atoms with Gasteiger partial charge in [-0.3, -0.25) is 9.67 Å². The van der Waals surface area contributed by atoms with E-state index in [1.165, 1.54) is 6.33 Å². The quantitative estimate of drug-likeness (QED) is 0.369. The number of aryl methyl sites for hydroxylation is 1. The molecule has 0 aliphatic rings. The molecule has 1 rings (SSSR count). The van der Waals surface area contributed by atoms with Gasteiger partial charge in [0.05, 0.1) is 6.54 Å². The Kier molecular flexibility index (Phi) is 10.6. The number of aromatic nitrogens is 3. The van der Waals surface area contributed by atoms with Crippen molar-refractivity contribution in [3.63, 3.8) is 0 Å². The summed E-state index contributed by atoms with van der Waals surface area (Å²) in [7, 11) is 7.30. The van der Waals surface area contributed by atoms with Gasteiger partial charge in [-0.1, -0.05) is 6.92 Å². The Bertz CT molecular complexity index is 613. The highest BCUT2D eigenvalue weighted by molar-refractivity contribution is 14.0. The number of amides is 1. The Labute approximate surface area is 179 Å². The summed E-state index contributed by atoms with van der Waals surface area (Å²) in [5.41, 5.74) is -0.489. The summed E-state index contributed by atoms with van der Waals surface area (Å²) >= 11 is 0. The molecule has 1 heterocycles. The maximum atomic E-state index is 12.0. The summed E-state index contributed by atoms with van der Waals surface area (Å²) in [6, 6.07) is 0. The van der Waals surface area contributed by atoms with Crippen molar-refractivity contribution in [2.75, 3.05) is 34.2 Å². The summed E-state index contributed by atoms with van der Waals surface area (Å²) in [5, 5.41) is 7.41. The maximum Gasteiger partial charge on any atom is 0.410 e. The Morgan fingerprint density at radius 3 is 2.48 bits per heavy atom. The van der Waals surface area contributed by atoms with Gasteiger partial charge in [-0.05, 0) is 26.7 Å². The fourth-order valence-corrected chi connectivity index (χ4v) is 2.35. The minimum Gasteiger partial charge on any atom is -0.444 e. The van der Waals surface area contributed by atoms with E-state index in [9.17, 15) is 4.79 Å². The number of nitrogens with zero attached hydrogens (tertiary/aromatic N) is 6. The summed E-state index contributed by atoms with van der Waals surface area (Å²) in [5.74, 6) is 1.85. The molecule has 0 saturated carbocycles. The van der Waals surface area contributed by atoms with Crippen LogP contribution in [0.25, 0.3) is 0 Å². The van der Waals surface area contributed by atoms with Crippen LogP contribution in [0.1, 0.15) is 33.5 Å². The van der Waals surface area contributed by atoms with Crippen LogP contribution in [-0.4, -0.2) is 76.5 Å². The van der Waals surface area contributed by atoms with E-state index in [0.29, 0.717) is 19.6 Å². The third kappa shape index (κ3) is 9.25. The Morgan fingerprint density at radius 1 is 1.37 bits per heavy atom. The molecule has 0 fully saturated rings. The molecular weight excluding hydrogens is 461 g/mol. The molecule has 0 aromatic carbocycles. The lowest BCUT2D eigenvalue weighted by atomic mass is 10.1. The minimum atomic E-state index is -0.489. The van der Waals surface area contributed by atoms with E-state index in [2.05, 4.69) is 27.3 Å². The molecule has 1 aromatic heterocycles. The average molecular weight is 495 g/mol. The molecular formula is C17H34IN7O2. The molecule has 0 aliphatic heterocycles. The molecule has 27 heavy (non-hydrogen) atoms. The first-order valence-corrected chi connectivity index (χ1v) is 8.72. The Morgan fingerprint density at radius 2 is 2.00 bits per heavy atom. The third-order valence-corrected chi connectivity index (χ3v) is 3.66. The van der Waals surface area contributed by atoms with Crippen molar-refractivity contribution in [1.82, 2.24) is 29.9 Å². The van der Waals surface area contributed by atoms with Gasteiger partial charge in [0.1, 0.15) is 17.8 Å². The fraction of sp³-hybridized carbons (Fsp3) is 0.765. The van der Waals surface area contributed by atoms with E-state index in [0.717, 1.165) is 11.8 Å². The van der Waals surface area contributed by atoms with Crippen molar-refractivity contribution in [2.45, 2.75) is 39.8 Å². The molecule has 10 heteroatoms. The average Bonchev–Trinajstić information content (AvgIpc) is 2.91. The van der Waals surface area contributed by atoms with E-state index < -0.39 is 5.60 Å². The zero-order valence-corrected chi connectivity index (χ0v) is 20.0. The van der Waals surface area contributed by atoms with Crippen LogP contribution in [0.4, 0.5) is 4.79 Å². The van der Waals surface area contributed by atoms with E-state index >= 15 is 0 Å². The molecule has 1 aromatic rings. The number of halogens is 1. The van der Waals surface area contributed by atoms with Gasteiger partial charge in [0.15, 0.2) is 5.96 Å². The first-order chi connectivity index (χ1) is 12.0. The van der Waals surface area contributed by atoms with Gasteiger partial charge in [0.2, 0.25) is 0 Å². The normalized spacial score (nSPS) is 12.8. The Balaban J connectivity index is 0.00000676. The van der Waals surface area contributed by atoms with Gasteiger partial charge >= 0.3 is 6.09 Å². The van der Waals surface area contributed by atoms with Crippen LogP contribution in [0.2, 0.25) is 0 Å². The second kappa shape index (κ2) is 11.3. The molecule has 1 unspecified atom stereocenters. The number of carbonyl (C=O) groups is 1. The number of aliphatic imine (C=N–C) groups is 1. The van der Waals surface area contributed by atoms with Gasteiger partial charge in [-0.15, -0.1) is 24.0 Å². The smallest absolute Gasteiger partial charge is 0.410 e. The number of ether oxygens (including phenoxy) is 1. The minimum absolute atomic E-state index is 0. The number of carbonyl (C=O) groups excluding carboxylic acids is 1. The topological polar surface area (TPSA) is 87.9 Å². The van der Waals surface area contributed by atoms with Gasteiger partial charge < -0.3 is 19.9 Å². The molecule has 1 atom stereocenters. The lowest BCUT2D eigenvalue weighted by Gasteiger charge is -2.27. The highest BCUT2D eigenvalue weighted by Gasteiger charge is 2.21. The van der Waals surface area contributed by atoms with Crippen LogP contribution in [0.5, 0.6) is 0 Å². The zero-order chi connectivity index (χ0) is 19.9. The number of hydrogen-bond acceptors (Lipinski definition) is 5. The van der Waals surface area contributed by atoms with Crippen molar-refractivity contribution >= 4 is 36.0 Å². The second-order valence-electron chi connectivity index (χ2n) is 7.55. The monoisotopic (exact) mass is 495 g/mol. The van der Waals surface area contributed by atoms with E-state index in [-0.39, 0.29) is 36.0 Å². The number of hydrogen-bond donors (Lipinski definition) is 1. The largest absolute Gasteiger partial charge is 0.444 e. The van der Waals surface area contributed by atoms with E-state index in [1.54, 1.807) is 23.7 Å². The molecule has 0 saturated heterocycles. The molecule has 0 aliphatic carbocycles. The third-order valence-electron chi connectivity index (χ3n) is 3.66.